The van der Waals surface area contributed by atoms with Gasteiger partial charge in [0.25, 0.3) is 0 Å². The fourth-order valence-electron chi connectivity index (χ4n) is 1.90. The van der Waals surface area contributed by atoms with Gasteiger partial charge in [-0.05, 0) is 32.0 Å². The highest BCUT2D eigenvalue weighted by Gasteiger charge is 2.35. The summed E-state index contributed by atoms with van der Waals surface area (Å²) in [5.41, 5.74) is -0.882. The summed E-state index contributed by atoms with van der Waals surface area (Å²) < 4.78 is 39.2. The summed E-state index contributed by atoms with van der Waals surface area (Å²) in [6, 6.07) is 5.46. The van der Waals surface area contributed by atoms with Crippen molar-refractivity contribution in [1.82, 2.24) is 0 Å². The molecular formula is C14H15F3N2O. The van der Waals surface area contributed by atoms with Gasteiger partial charge in [0.05, 0.1) is 17.6 Å². The van der Waals surface area contributed by atoms with E-state index in [0.29, 0.717) is 12.8 Å². The number of carbonyl (C=O) groups is 1. The van der Waals surface area contributed by atoms with Crippen LogP contribution in [0, 0.1) is 17.2 Å². The van der Waals surface area contributed by atoms with E-state index in [-0.39, 0.29) is 23.7 Å². The minimum atomic E-state index is -4.54. The molecule has 20 heavy (non-hydrogen) atoms. The Hall–Kier alpha value is -2.03. The molecule has 108 valence electrons. The summed E-state index contributed by atoms with van der Waals surface area (Å²) in [7, 11) is 0. The van der Waals surface area contributed by atoms with Crippen LogP contribution in [-0.2, 0) is 6.18 Å². The highest BCUT2D eigenvalue weighted by molar-refractivity contribution is 5.77. The molecule has 0 aliphatic rings. The summed E-state index contributed by atoms with van der Waals surface area (Å²) in [4.78, 5) is 12.1. The number of rotatable bonds is 5. The second-order valence-electron chi connectivity index (χ2n) is 4.46. The van der Waals surface area contributed by atoms with Gasteiger partial charge in [-0.25, -0.2) is 0 Å². The van der Waals surface area contributed by atoms with Gasteiger partial charge in [-0.1, -0.05) is 0 Å². The molecule has 0 N–H and O–H groups in total. The Balaban J connectivity index is 3.28. The van der Waals surface area contributed by atoms with Crippen molar-refractivity contribution >= 4 is 12.0 Å². The highest BCUT2D eigenvalue weighted by Crippen LogP contribution is 2.37. The van der Waals surface area contributed by atoms with Crippen LogP contribution in [0.15, 0.2) is 18.2 Å². The van der Waals surface area contributed by atoms with Gasteiger partial charge in [0.15, 0.2) is 0 Å². The molecule has 0 amide bonds. The van der Waals surface area contributed by atoms with Crippen LogP contribution in [0.4, 0.5) is 18.9 Å². The SMILES string of the molecule is CCN(CC(C)C#N)c1ccc(C=O)cc1C(F)(F)F. The van der Waals surface area contributed by atoms with Gasteiger partial charge in [0.2, 0.25) is 0 Å². The highest BCUT2D eigenvalue weighted by atomic mass is 19.4. The first-order valence-corrected chi connectivity index (χ1v) is 6.14. The fourth-order valence-corrected chi connectivity index (χ4v) is 1.90. The molecular weight excluding hydrogens is 269 g/mol. The third-order valence-corrected chi connectivity index (χ3v) is 2.90. The first kappa shape index (κ1) is 16.0. The minimum absolute atomic E-state index is 0.00676. The summed E-state index contributed by atoms with van der Waals surface area (Å²) in [5, 5.41) is 8.79. The maximum Gasteiger partial charge on any atom is 0.418 e. The minimum Gasteiger partial charge on any atom is -0.370 e. The smallest absolute Gasteiger partial charge is 0.370 e. The second-order valence-corrected chi connectivity index (χ2v) is 4.46. The number of hydrogen-bond donors (Lipinski definition) is 0. The topological polar surface area (TPSA) is 44.1 Å². The number of alkyl halides is 3. The van der Waals surface area contributed by atoms with Gasteiger partial charge in [0.1, 0.15) is 6.29 Å². The average molecular weight is 284 g/mol. The van der Waals surface area contributed by atoms with Crippen LogP contribution < -0.4 is 4.90 Å². The first-order chi connectivity index (χ1) is 9.33. The first-order valence-electron chi connectivity index (χ1n) is 6.14. The maximum absolute atomic E-state index is 13.1. The van der Waals surface area contributed by atoms with Gasteiger partial charge in [-0.2, -0.15) is 18.4 Å². The van der Waals surface area contributed by atoms with E-state index < -0.39 is 11.7 Å². The normalized spacial score (nSPS) is 12.6. The van der Waals surface area contributed by atoms with Crippen LogP contribution in [0.3, 0.4) is 0 Å². The molecule has 0 saturated heterocycles. The molecule has 0 aliphatic carbocycles. The number of hydrogen-bond acceptors (Lipinski definition) is 3. The van der Waals surface area contributed by atoms with Crippen molar-refractivity contribution in [2.75, 3.05) is 18.0 Å². The van der Waals surface area contributed by atoms with Gasteiger partial charge >= 0.3 is 6.18 Å². The number of benzene rings is 1. The summed E-state index contributed by atoms with van der Waals surface area (Å²) in [6.07, 6.45) is -4.16. The number of halogens is 3. The molecule has 3 nitrogen and oxygen atoms in total. The van der Waals surface area contributed by atoms with Crippen LogP contribution in [-0.4, -0.2) is 19.4 Å². The molecule has 0 aliphatic heterocycles. The Morgan fingerprint density at radius 3 is 2.55 bits per heavy atom. The van der Waals surface area contributed by atoms with Gasteiger partial charge < -0.3 is 4.90 Å². The van der Waals surface area contributed by atoms with Gasteiger partial charge in [0, 0.05) is 24.3 Å². The standard InChI is InChI=1S/C14H15F3N2O/c1-3-19(8-10(2)7-18)13-5-4-11(9-20)6-12(13)14(15,16)17/h4-6,9-10H,3,8H2,1-2H3. The number of carbonyl (C=O) groups excluding carboxylic acids is 1. The van der Waals surface area contributed by atoms with E-state index in [9.17, 15) is 18.0 Å². The van der Waals surface area contributed by atoms with Crippen molar-refractivity contribution in [3.8, 4) is 6.07 Å². The van der Waals surface area contributed by atoms with Crippen molar-refractivity contribution in [2.24, 2.45) is 5.92 Å². The van der Waals surface area contributed by atoms with E-state index in [4.69, 9.17) is 5.26 Å². The molecule has 0 aromatic heterocycles. The van der Waals surface area contributed by atoms with Crippen molar-refractivity contribution < 1.29 is 18.0 Å². The molecule has 1 aromatic rings. The Bertz CT molecular complexity index is 520. The zero-order valence-electron chi connectivity index (χ0n) is 11.2. The molecule has 0 fully saturated rings. The fraction of sp³-hybridized carbons (Fsp3) is 0.429. The zero-order chi connectivity index (χ0) is 15.3. The van der Waals surface area contributed by atoms with Crippen molar-refractivity contribution in [3.63, 3.8) is 0 Å². The molecule has 0 spiro atoms. The summed E-state index contributed by atoms with van der Waals surface area (Å²) in [6.45, 7) is 3.92. The molecule has 0 saturated carbocycles. The van der Waals surface area contributed by atoms with E-state index in [0.717, 1.165) is 6.07 Å². The zero-order valence-corrected chi connectivity index (χ0v) is 11.2. The van der Waals surface area contributed by atoms with E-state index >= 15 is 0 Å². The predicted molar refractivity (Wildman–Crippen MR) is 69.5 cm³/mol. The number of nitrogens with zero attached hydrogens (tertiary/aromatic N) is 2. The number of anilines is 1. The Kier molecular flexibility index (Phi) is 5.14. The van der Waals surface area contributed by atoms with E-state index in [1.54, 1.807) is 13.8 Å². The average Bonchev–Trinajstić information content (AvgIpc) is 2.42. The lowest BCUT2D eigenvalue weighted by Crippen LogP contribution is -2.30. The molecule has 1 unspecified atom stereocenters. The molecule has 0 heterocycles. The molecule has 1 aromatic carbocycles. The van der Waals surface area contributed by atoms with Crippen LogP contribution >= 0.6 is 0 Å². The second kappa shape index (κ2) is 6.42. The molecule has 1 atom stereocenters. The number of aldehydes is 1. The van der Waals surface area contributed by atoms with E-state index in [1.807, 2.05) is 6.07 Å². The lowest BCUT2D eigenvalue weighted by Gasteiger charge is -2.27. The largest absolute Gasteiger partial charge is 0.418 e. The molecule has 0 bridgehead atoms. The molecule has 0 radical (unpaired) electrons. The van der Waals surface area contributed by atoms with Crippen LogP contribution in [0.1, 0.15) is 29.8 Å². The van der Waals surface area contributed by atoms with Gasteiger partial charge in [-0.3, -0.25) is 4.79 Å². The Labute approximate surface area is 115 Å². The third kappa shape index (κ3) is 3.73. The van der Waals surface area contributed by atoms with Crippen LogP contribution in [0.2, 0.25) is 0 Å². The summed E-state index contributed by atoms with van der Waals surface area (Å²) in [5.74, 6) is -0.387. The van der Waals surface area contributed by atoms with Crippen LogP contribution in [0.25, 0.3) is 0 Å². The van der Waals surface area contributed by atoms with E-state index in [2.05, 4.69) is 0 Å². The lowest BCUT2D eigenvalue weighted by atomic mass is 10.1. The lowest BCUT2D eigenvalue weighted by molar-refractivity contribution is -0.137. The van der Waals surface area contributed by atoms with Gasteiger partial charge in [-0.15, -0.1) is 0 Å². The van der Waals surface area contributed by atoms with Crippen molar-refractivity contribution in [3.05, 3.63) is 29.3 Å². The maximum atomic E-state index is 13.1. The predicted octanol–water partition coefficient (Wildman–Crippen LogP) is 3.50. The van der Waals surface area contributed by atoms with E-state index in [1.165, 1.54) is 17.0 Å². The third-order valence-electron chi connectivity index (χ3n) is 2.90. The molecule has 1 rings (SSSR count). The molecule has 6 heteroatoms. The monoisotopic (exact) mass is 284 g/mol. The summed E-state index contributed by atoms with van der Waals surface area (Å²) >= 11 is 0. The van der Waals surface area contributed by atoms with Crippen molar-refractivity contribution in [2.45, 2.75) is 20.0 Å². The Morgan fingerprint density at radius 2 is 2.10 bits per heavy atom. The quantitative estimate of drug-likeness (QED) is 0.777. The number of nitriles is 1. The van der Waals surface area contributed by atoms with Crippen molar-refractivity contribution in [1.29, 1.82) is 5.26 Å². The Morgan fingerprint density at radius 1 is 1.45 bits per heavy atom. The van der Waals surface area contributed by atoms with Crippen LogP contribution in [0.5, 0.6) is 0 Å².